The third-order valence-electron chi connectivity index (χ3n) is 3.82. The molecule has 0 bridgehead atoms. The van der Waals surface area contributed by atoms with Crippen molar-refractivity contribution in [3.8, 4) is 0 Å². The van der Waals surface area contributed by atoms with E-state index in [1.807, 2.05) is 13.0 Å². The fraction of sp³-hybridized carbons (Fsp3) is 0.571. The van der Waals surface area contributed by atoms with Crippen LogP contribution in [0.15, 0.2) is 24.3 Å². The molecule has 0 heterocycles. The smallest absolute Gasteiger partial charge is 0.151 e. The van der Waals surface area contributed by atoms with Gasteiger partial charge in [0.2, 0.25) is 0 Å². The normalized spacial score (nSPS) is 25.4. The largest absolute Gasteiger partial charge is 0.306 e. The van der Waals surface area contributed by atoms with E-state index < -0.39 is 9.84 Å². The molecule has 1 saturated carbocycles. The Morgan fingerprint density at radius 3 is 2.74 bits per heavy atom. The highest BCUT2D eigenvalue weighted by molar-refractivity contribution is 7.91. The second-order valence-electron chi connectivity index (χ2n) is 5.35. The lowest BCUT2D eigenvalue weighted by Crippen LogP contribution is -2.41. The molecule has 19 heavy (non-hydrogen) atoms. The molecule has 106 valence electrons. The fourth-order valence-corrected chi connectivity index (χ4v) is 4.23. The van der Waals surface area contributed by atoms with Crippen molar-refractivity contribution in [2.45, 2.75) is 43.5 Å². The number of benzene rings is 1. The molecule has 1 fully saturated rings. The highest BCUT2D eigenvalue weighted by Gasteiger charge is 2.35. The van der Waals surface area contributed by atoms with Crippen LogP contribution in [0.1, 0.15) is 37.8 Å². The Hall–Kier alpha value is -0.940. The first-order chi connectivity index (χ1) is 8.88. The molecule has 0 spiro atoms. The minimum atomic E-state index is -3.02. The highest BCUT2D eigenvalue weighted by atomic mass is 32.2. The monoisotopic (exact) mass is 285 g/mol. The van der Waals surface area contributed by atoms with Crippen LogP contribution >= 0.6 is 0 Å². The van der Waals surface area contributed by atoms with Gasteiger partial charge in [-0.2, -0.15) is 0 Å². The van der Waals surface area contributed by atoms with Crippen molar-refractivity contribution in [1.82, 2.24) is 5.32 Å². The van der Waals surface area contributed by atoms with Gasteiger partial charge in [-0.25, -0.2) is 12.8 Å². The maximum Gasteiger partial charge on any atom is 0.151 e. The number of sulfone groups is 1. The minimum Gasteiger partial charge on any atom is -0.306 e. The zero-order valence-electron chi connectivity index (χ0n) is 11.3. The average Bonchev–Trinajstić information content (AvgIpc) is 2.77. The first-order valence-electron chi connectivity index (χ1n) is 6.58. The summed E-state index contributed by atoms with van der Waals surface area (Å²) in [6.07, 6.45) is 3.79. The van der Waals surface area contributed by atoms with Crippen molar-refractivity contribution >= 4 is 9.84 Å². The van der Waals surface area contributed by atoms with Crippen LogP contribution in [0.5, 0.6) is 0 Å². The summed E-state index contributed by atoms with van der Waals surface area (Å²) in [4.78, 5) is 0. The van der Waals surface area contributed by atoms with Gasteiger partial charge in [0, 0.05) is 18.3 Å². The van der Waals surface area contributed by atoms with E-state index in [9.17, 15) is 12.8 Å². The maximum atomic E-state index is 13.2. The predicted molar refractivity (Wildman–Crippen MR) is 74.2 cm³/mol. The molecule has 3 atom stereocenters. The topological polar surface area (TPSA) is 46.2 Å². The van der Waals surface area contributed by atoms with E-state index in [1.165, 1.54) is 18.4 Å². The molecule has 1 aromatic rings. The lowest BCUT2D eigenvalue weighted by Gasteiger charge is -2.24. The fourth-order valence-electron chi connectivity index (χ4n) is 2.82. The van der Waals surface area contributed by atoms with Gasteiger partial charge >= 0.3 is 0 Å². The standard InChI is InChI=1S/C14H20FNO2S/c1-10(11-5-3-6-12(15)9-11)16-13-7-4-8-14(13)19(2,17)18/h3,5-6,9-10,13-14,16H,4,7-8H2,1-2H3/t10-,13?,14?/m1/s1. The quantitative estimate of drug-likeness (QED) is 0.924. The number of nitrogens with one attached hydrogen (secondary N) is 1. The molecule has 0 aromatic heterocycles. The number of halogens is 1. The summed E-state index contributed by atoms with van der Waals surface area (Å²) in [5.74, 6) is -0.266. The summed E-state index contributed by atoms with van der Waals surface area (Å²) in [5.41, 5.74) is 0.846. The van der Waals surface area contributed by atoms with E-state index in [2.05, 4.69) is 5.32 Å². The van der Waals surface area contributed by atoms with E-state index in [-0.39, 0.29) is 23.2 Å². The lowest BCUT2D eigenvalue weighted by atomic mass is 10.1. The molecule has 0 radical (unpaired) electrons. The van der Waals surface area contributed by atoms with Gasteiger partial charge in [-0.15, -0.1) is 0 Å². The maximum absolute atomic E-state index is 13.2. The summed E-state index contributed by atoms with van der Waals surface area (Å²) < 4.78 is 36.6. The Bertz CT molecular complexity index is 544. The SMILES string of the molecule is C[C@@H](NC1CCCC1S(C)(=O)=O)c1cccc(F)c1. The van der Waals surface area contributed by atoms with Crippen LogP contribution in [-0.4, -0.2) is 26.0 Å². The van der Waals surface area contributed by atoms with E-state index >= 15 is 0 Å². The Kier molecular flexibility index (Phi) is 4.26. The average molecular weight is 285 g/mol. The second kappa shape index (κ2) is 5.59. The van der Waals surface area contributed by atoms with Gasteiger partial charge in [-0.3, -0.25) is 0 Å². The summed E-state index contributed by atoms with van der Waals surface area (Å²) in [7, 11) is -3.02. The molecule has 1 aliphatic carbocycles. The molecule has 1 aromatic carbocycles. The Morgan fingerprint density at radius 2 is 2.11 bits per heavy atom. The number of rotatable bonds is 4. The Labute approximate surface area is 114 Å². The highest BCUT2D eigenvalue weighted by Crippen LogP contribution is 2.27. The molecule has 2 unspecified atom stereocenters. The van der Waals surface area contributed by atoms with Crippen LogP contribution in [0.4, 0.5) is 4.39 Å². The molecule has 2 rings (SSSR count). The summed E-state index contributed by atoms with van der Waals surface area (Å²) in [6, 6.07) is 6.33. The van der Waals surface area contributed by atoms with Crippen molar-refractivity contribution in [3.05, 3.63) is 35.6 Å². The van der Waals surface area contributed by atoms with Gasteiger partial charge in [0.1, 0.15) is 5.82 Å². The molecular formula is C14H20FNO2S. The van der Waals surface area contributed by atoms with Crippen LogP contribution in [0.2, 0.25) is 0 Å². The zero-order valence-corrected chi connectivity index (χ0v) is 12.1. The molecule has 5 heteroatoms. The summed E-state index contributed by atoms with van der Waals surface area (Å²) in [6.45, 7) is 1.94. The Morgan fingerprint density at radius 1 is 1.37 bits per heavy atom. The van der Waals surface area contributed by atoms with Gasteiger partial charge in [-0.1, -0.05) is 18.6 Å². The van der Waals surface area contributed by atoms with E-state index in [1.54, 1.807) is 6.07 Å². The van der Waals surface area contributed by atoms with Crippen molar-refractivity contribution in [2.24, 2.45) is 0 Å². The number of hydrogen-bond acceptors (Lipinski definition) is 3. The van der Waals surface area contributed by atoms with E-state index in [0.717, 1.165) is 18.4 Å². The molecule has 3 nitrogen and oxygen atoms in total. The van der Waals surface area contributed by atoms with Crippen molar-refractivity contribution in [3.63, 3.8) is 0 Å². The molecule has 0 amide bonds. The van der Waals surface area contributed by atoms with Gasteiger partial charge < -0.3 is 5.32 Å². The van der Waals surface area contributed by atoms with Gasteiger partial charge in [-0.05, 0) is 37.5 Å². The predicted octanol–water partition coefficient (Wildman–Crippen LogP) is 2.44. The van der Waals surface area contributed by atoms with Crippen LogP contribution in [0, 0.1) is 5.82 Å². The van der Waals surface area contributed by atoms with Crippen molar-refractivity contribution in [1.29, 1.82) is 0 Å². The molecule has 0 aliphatic heterocycles. The molecule has 1 N–H and O–H groups in total. The van der Waals surface area contributed by atoms with E-state index in [0.29, 0.717) is 6.42 Å². The molecular weight excluding hydrogens is 265 g/mol. The summed E-state index contributed by atoms with van der Waals surface area (Å²) in [5, 5.41) is 3.02. The van der Waals surface area contributed by atoms with E-state index in [4.69, 9.17) is 0 Å². The lowest BCUT2D eigenvalue weighted by molar-refractivity contribution is 0.454. The third kappa shape index (κ3) is 3.54. The van der Waals surface area contributed by atoms with Crippen LogP contribution in [0.3, 0.4) is 0 Å². The van der Waals surface area contributed by atoms with Gasteiger partial charge in [0.25, 0.3) is 0 Å². The van der Waals surface area contributed by atoms with Gasteiger partial charge in [0.15, 0.2) is 9.84 Å². The first-order valence-corrected chi connectivity index (χ1v) is 8.54. The molecule has 0 saturated heterocycles. The first kappa shape index (κ1) is 14.5. The Balaban J connectivity index is 2.08. The van der Waals surface area contributed by atoms with Crippen molar-refractivity contribution in [2.75, 3.05) is 6.26 Å². The van der Waals surface area contributed by atoms with Gasteiger partial charge in [0.05, 0.1) is 5.25 Å². The third-order valence-corrected chi connectivity index (χ3v) is 5.48. The number of hydrogen-bond donors (Lipinski definition) is 1. The van der Waals surface area contributed by atoms with Crippen molar-refractivity contribution < 1.29 is 12.8 Å². The summed E-state index contributed by atoms with van der Waals surface area (Å²) >= 11 is 0. The van der Waals surface area contributed by atoms with Crippen LogP contribution < -0.4 is 5.32 Å². The minimum absolute atomic E-state index is 0.0340. The van der Waals surface area contributed by atoms with Crippen LogP contribution in [-0.2, 0) is 9.84 Å². The second-order valence-corrected chi connectivity index (χ2v) is 7.61. The molecule has 1 aliphatic rings. The van der Waals surface area contributed by atoms with Crippen LogP contribution in [0.25, 0.3) is 0 Å². The zero-order chi connectivity index (χ0) is 14.0.